The summed E-state index contributed by atoms with van der Waals surface area (Å²) in [4.78, 5) is 66.7. The lowest BCUT2D eigenvalue weighted by Crippen LogP contribution is -2.59. The smallest absolute Gasteiger partial charge is 0.247 e. The van der Waals surface area contributed by atoms with Crippen molar-refractivity contribution in [2.24, 2.45) is 4.99 Å². The number of β-amino-alcohol motifs (C(OH)–C–C–N with tert-alkyl or cyclic N) is 1. The van der Waals surface area contributed by atoms with Gasteiger partial charge in [-0.05, 0) is 89.0 Å². The van der Waals surface area contributed by atoms with Crippen molar-refractivity contribution in [3.05, 3.63) is 104 Å². The number of benzene rings is 2. The molecule has 3 aromatic heterocycles. The molecule has 0 radical (unpaired) electrons. The van der Waals surface area contributed by atoms with Gasteiger partial charge >= 0.3 is 0 Å². The maximum atomic E-state index is 14.2. The summed E-state index contributed by atoms with van der Waals surface area (Å²) < 4.78 is 7.16. The number of thiazole rings is 1. The van der Waals surface area contributed by atoms with Crippen molar-refractivity contribution in [3.8, 4) is 15.4 Å². The van der Waals surface area contributed by atoms with E-state index in [0.717, 1.165) is 67.8 Å². The summed E-state index contributed by atoms with van der Waals surface area (Å²) >= 11 is 11.0. The van der Waals surface area contributed by atoms with Crippen molar-refractivity contribution < 1.29 is 29.0 Å². The number of aryl methyl sites for hydroxylation is 3. The van der Waals surface area contributed by atoms with Gasteiger partial charge in [0.25, 0.3) is 0 Å². The van der Waals surface area contributed by atoms with Gasteiger partial charge in [-0.15, -0.1) is 32.9 Å². The molecule has 7 rings (SSSR count). The number of carbonyl (C=O) groups excluding carboxylic acids is 4. The highest BCUT2D eigenvalue weighted by atomic mass is 35.5. The van der Waals surface area contributed by atoms with Crippen molar-refractivity contribution in [3.63, 3.8) is 0 Å². The van der Waals surface area contributed by atoms with Crippen LogP contribution < -0.4 is 16.0 Å². The van der Waals surface area contributed by atoms with Gasteiger partial charge in [0.15, 0.2) is 5.82 Å². The minimum absolute atomic E-state index is 0.00749. The van der Waals surface area contributed by atoms with Gasteiger partial charge in [0, 0.05) is 65.4 Å². The number of halogens is 1. The molecular weight excluding hydrogens is 930 g/mol. The monoisotopic (exact) mass is 987 g/mol. The number of aliphatic hydroxyl groups is 1. The Bertz CT molecular complexity index is 2610. The third-order valence-electron chi connectivity index (χ3n) is 12.0. The van der Waals surface area contributed by atoms with Crippen LogP contribution in [0.4, 0.5) is 0 Å². The second-order valence-corrected chi connectivity index (χ2v) is 21.7. The quantitative estimate of drug-likeness (QED) is 0.0638. The first-order valence-electron chi connectivity index (χ1n) is 22.4. The fraction of sp³-hybridized carbons (Fsp3) is 0.458. The molecule has 2 aliphatic heterocycles. The van der Waals surface area contributed by atoms with Crippen molar-refractivity contribution in [2.75, 3.05) is 32.1 Å². The zero-order chi connectivity index (χ0) is 48.0. The number of thiophene rings is 1. The number of aromatic nitrogens is 4. The van der Waals surface area contributed by atoms with Gasteiger partial charge in [0.1, 0.15) is 29.0 Å². The van der Waals surface area contributed by atoms with Crippen molar-refractivity contribution >= 4 is 75.4 Å². The molecule has 0 saturated carbocycles. The number of ether oxygens (including phenoxy) is 1. The van der Waals surface area contributed by atoms with Crippen LogP contribution in [0.2, 0.25) is 5.02 Å². The van der Waals surface area contributed by atoms with E-state index in [1.807, 2.05) is 86.3 Å². The molecule has 2 aromatic carbocycles. The number of amides is 4. The number of nitrogens with one attached hydrogen (secondary N) is 3. The number of nitrogens with zero attached hydrogens (tertiary/aromatic N) is 6. The Labute approximate surface area is 408 Å². The maximum Gasteiger partial charge on any atom is 0.247 e. The van der Waals surface area contributed by atoms with Crippen LogP contribution in [0.3, 0.4) is 0 Å². The molecule has 4 N–H and O–H groups in total. The molecule has 356 valence electrons. The molecule has 4 amide bonds. The predicted molar refractivity (Wildman–Crippen MR) is 265 cm³/mol. The van der Waals surface area contributed by atoms with Crippen molar-refractivity contribution in [1.82, 2.24) is 40.6 Å². The number of hydrogen-bond donors (Lipinski definition) is 4. The predicted octanol–water partition coefficient (Wildman–Crippen LogP) is 6.83. The van der Waals surface area contributed by atoms with Gasteiger partial charge in [-0.25, -0.2) is 4.98 Å². The topological polar surface area (TPSA) is 193 Å². The Morgan fingerprint density at radius 2 is 1.72 bits per heavy atom. The molecule has 19 heteroatoms. The van der Waals surface area contributed by atoms with Crippen molar-refractivity contribution in [1.29, 1.82) is 0 Å². The van der Waals surface area contributed by atoms with E-state index in [0.29, 0.717) is 36.4 Å². The van der Waals surface area contributed by atoms with Gasteiger partial charge in [-0.1, -0.05) is 48.0 Å². The van der Waals surface area contributed by atoms with Gasteiger partial charge in [0.2, 0.25) is 23.6 Å². The molecule has 0 spiro atoms. The maximum absolute atomic E-state index is 14.2. The number of hydrogen-bond acceptors (Lipinski definition) is 13. The summed E-state index contributed by atoms with van der Waals surface area (Å²) in [6.45, 7) is 14.6. The van der Waals surface area contributed by atoms with Crippen LogP contribution in [0.25, 0.3) is 15.4 Å². The number of aliphatic hydroxyl groups excluding tert-OH is 1. The molecule has 5 heterocycles. The van der Waals surface area contributed by atoms with E-state index in [-0.39, 0.29) is 43.7 Å². The minimum Gasteiger partial charge on any atom is -0.391 e. The number of aliphatic imine (C=N–C) groups is 1. The largest absolute Gasteiger partial charge is 0.391 e. The lowest BCUT2D eigenvalue weighted by molar-refractivity contribution is -0.142. The van der Waals surface area contributed by atoms with Crippen LogP contribution in [-0.2, 0) is 30.5 Å². The Morgan fingerprint density at radius 3 is 2.42 bits per heavy atom. The van der Waals surface area contributed by atoms with Crippen LogP contribution >= 0.6 is 46.0 Å². The number of likely N-dealkylation sites (tertiary alicyclic amines) is 1. The van der Waals surface area contributed by atoms with E-state index in [4.69, 9.17) is 21.3 Å². The van der Waals surface area contributed by atoms with Gasteiger partial charge in [-0.2, -0.15) is 11.8 Å². The third kappa shape index (κ3) is 11.8. The van der Waals surface area contributed by atoms with Gasteiger partial charge in [0.05, 0.1) is 40.9 Å². The lowest BCUT2D eigenvalue weighted by Gasteiger charge is -2.37. The van der Waals surface area contributed by atoms with E-state index in [2.05, 4.69) is 45.0 Å². The average molecular weight is 989 g/mol. The van der Waals surface area contributed by atoms with E-state index in [9.17, 15) is 24.3 Å². The van der Waals surface area contributed by atoms with Crippen molar-refractivity contribution in [2.45, 2.75) is 110 Å². The first kappa shape index (κ1) is 49.9. The number of carbonyl (C=O) groups is 4. The standard InChI is InChI=1S/C48H58ClN9O6S3/c1-27-29(3)67-47-40(27)41(33-14-16-35(49)17-15-33)54-37(44-56-55-30(4)58(44)47)23-39(61)50-18-20-64-19-8-9-21-66-48(6,7)43(53-31(5)59)46(63)57-25-36(60)22-38(57)45(62)51-24-32-10-12-34(13-11-32)42-28(2)52-26-65-42/h10-17,26,36-38,43,60H,8-9,18-25H2,1-7H3,(H,50,61)(H,51,62)(H,53,59)/t36-,37+,38+,43+/m1/s1. The number of rotatable bonds is 19. The summed E-state index contributed by atoms with van der Waals surface area (Å²) in [5, 5.41) is 29.9. The molecular formula is C48H58ClN9O6S3. The first-order chi connectivity index (χ1) is 32.0. The van der Waals surface area contributed by atoms with E-state index >= 15 is 0 Å². The van der Waals surface area contributed by atoms with Crippen LogP contribution in [-0.4, -0.2) is 114 Å². The van der Waals surface area contributed by atoms with Gasteiger partial charge in [-0.3, -0.25) is 28.7 Å². The van der Waals surface area contributed by atoms with Crippen LogP contribution in [0.1, 0.15) is 97.0 Å². The molecule has 0 unspecified atom stereocenters. The summed E-state index contributed by atoms with van der Waals surface area (Å²) in [6.07, 6.45) is 0.829. The highest BCUT2D eigenvalue weighted by Gasteiger charge is 2.46. The SMILES string of the molecule is CC(=O)N[C@@H](C(=O)N1C[C@H](O)C[C@H]1C(=O)NCc1ccc(-c2scnc2C)cc1)C(C)(C)SCCCCOCCNC(=O)C[C@@H]1N=C(c2ccc(Cl)cc2)c2c(sc(C)c2C)-n2c(C)nnc21. The molecule has 67 heavy (non-hydrogen) atoms. The molecule has 4 atom stereocenters. The lowest BCUT2D eigenvalue weighted by atomic mass is 9.99. The third-order valence-corrected chi connectivity index (χ3v) is 15.9. The van der Waals surface area contributed by atoms with Crippen LogP contribution in [0, 0.1) is 27.7 Å². The number of thioether (sulfide) groups is 1. The summed E-state index contributed by atoms with van der Waals surface area (Å²) in [5.74, 6) is 0.699. The minimum atomic E-state index is -0.938. The summed E-state index contributed by atoms with van der Waals surface area (Å²) in [7, 11) is 0. The fourth-order valence-corrected chi connectivity index (χ4v) is 11.7. The molecule has 2 aliphatic rings. The number of fused-ring (bicyclic) bond motifs is 3. The molecule has 0 aliphatic carbocycles. The second-order valence-electron chi connectivity index (χ2n) is 17.4. The highest BCUT2D eigenvalue weighted by Crippen LogP contribution is 2.40. The zero-order valence-corrected chi connectivity index (χ0v) is 42.1. The Morgan fingerprint density at radius 1 is 0.985 bits per heavy atom. The molecule has 5 aromatic rings. The zero-order valence-electron chi connectivity index (χ0n) is 38.9. The normalized spacial score (nSPS) is 17.3. The fourth-order valence-electron chi connectivity index (χ4n) is 8.34. The van der Waals surface area contributed by atoms with E-state index < -0.39 is 34.9 Å². The van der Waals surface area contributed by atoms with Crippen LogP contribution in [0.5, 0.6) is 0 Å². The molecule has 1 fully saturated rings. The summed E-state index contributed by atoms with van der Waals surface area (Å²) in [5.41, 5.74) is 8.54. The molecule has 0 bridgehead atoms. The molecule has 1 saturated heterocycles. The van der Waals surface area contributed by atoms with E-state index in [1.165, 1.54) is 16.7 Å². The number of unbranched alkanes of at least 4 members (excludes halogenated alkanes) is 1. The Balaban J connectivity index is 0.862. The highest BCUT2D eigenvalue weighted by molar-refractivity contribution is 8.00. The Hall–Kier alpha value is -4.98. The van der Waals surface area contributed by atoms with Gasteiger partial charge < -0.3 is 30.7 Å². The first-order valence-corrected chi connectivity index (χ1v) is 25.5. The summed E-state index contributed by atoms with van der Waals surface area (Å²) in [6, 6.07) is 13.1. The Kier molecular flexibility index (Phi) is 16.4. The molecule has 15 nitrogen and oxygen atoms in total. The second kappa shape index (κ2) is 22.0. The van der Waals surface area contributed by atoms with E-state index in [1.54, 1.807) is 34.4 Å². The van der Waals surface area contributed by atoms with Crippen LogP contribution in [0.15, 0.2) is 59.0 Å². The average Bonchev–Trinajstić information content (AvgIpc) is 4.06.